The highest BCUT2D eigenvalue weighted by molar-refractivity contribution is 7.79. The normalized spacial score (nSPS) is 11.7. The van der Waals surface area contributed by atoms with E-state index in [2.05, 4.69) is 13.8 Å². The zero-order chi connectivity index (χ0) is 19.8. The van der Waals surface area contributed by atoms with Gasteiger partial charge in [0.05, 0.1) is 5.60 Å². The lowest BCUT2D eigenvalue weighted by molar-refractivity contribution is 0.0290. The van der Waals surface area contributed by atoms with Crippen LogP contribution < -0.4 is 5.73 Å². The number of nitrogens with two attached hydrogens (primary N) is 1. The average Bonchev–Trinajstić information content (AvgIpc) is 2.40. The molecule has 1 aromatic rings. The fourth-order valence-electron chi connectivity index (χ4n) is 1.94. The van der Waals surface area contributed by atoms with Gasteiger partial charge in [0, 0.05) is 24.3 Å². The van der Waals surface area contributed by atoms with Crippen molar-refractivity contribution in [2.75, 3.05) is 18.8 Å². The van der Waals surface area contributed by atoms with Gasteiger partial charge in [-0.1, -0.05) is 13.8 Å². The van der Waals surface area contributed by atoms with Gasteiger partial charge in [-0.15, -0.1) is 0 Å². The van der Waals surface area contributed by atoms with E-state index in [1.54, 1.807) is 43.0 Å². The smallest absolute Gasteiger partial charge is 0.394 e. The molecule has 5 N–H and O–H groups in total. The summed E-state index contributed by atoms with van der Waals surface area (Å²) in [6.07, 6.45) is 0.913. The molecule has 0 unspecified atom stereocenters. The number of anilines is 1. The van der Waals surface area contributed by atoms with Crippen molar-refractivity contribution in [3.8, 4) is 0 Å². The molecule has 0 saturated heterocycles. The van der Waals surface area contributed by atoms with Crippen LogP contribution in [0.5, 0.6) is 0 Å². The minimum absolute atomic E-state index is 0.0622. The van der Waals surface area contributed by atoms with E-state index in [4.69, 9.17) is 23.3 Å². The van der Waals surface area contributed by atoms with Crippen LogP contribution in [0.25, 0.3) is 0 Å². The second kappa shape index (κ2) is 9.71. The number of nitrogen functional groups attached to an aromatic ring is 1. The molecule has 0 aliphatic heterocycles. The first-order valence-corrected chi connectivity index (χ1v) is 9.16. The van der Waals surface area contributed by atoms with Crippen LogP contribution >= 0.6 is 0 Å². The molecule has 25 heavy (non-hydrogen) atoms. The van der Waals surface area contributed by atoms with Crippen molar-refractivity contribution in [2.45, 2.75) is 39.7 Å². The Morgan fingerprint density at radius 1 is 1.20 bits per heavy atom. The third kappa shape index (κ3) is 13.3. The maximum atomic E-state index is 12.5. The zero-order valence-corrected chi connectivity index (χ0v) is 15.8. The first kappa shape index (κ1) is 23.3. The van der Waals surface area contributed by atoms with Gasteiger partial charge in [-0.05, 0) is 50.5 Å². The number of hydrogen-bond donors (Lipinski definition) is 4. The third-order valence-electron chi connectivity index (χ3n) is 3.00. The van der Waals surface area contributed by atoms with Crippen molar-refractivity contribution in [2.24, 2.45) is 5.92 Å². The van der Waals surface area contributed by atoms with Crippen LogP contribution in [0, 0.1) is 5.92 Å². The van der Waals surface area contributed by atoms with Gasteiger partial charge in [-0.3, -0.25) is 13.9 Å². The van der Waals surface area contributed by atoms with E-state index in [0.29, 0.717) is 30.3 Å². The summed E-state index contributed by atoms with van der Waals surface area (Å²) in [5.41, 5.74) is 5.98. The van der Waals surface area contributed by atoms with Crippen LogP contribution in [0.3, 0.4) is 0 Å². The fourth-order valence-corrected chi connectivity index (χ4v) is 1.94. The Labute approximate surface area is 149 Å². The summed E-state index contributed by atoms with van der Waals surface area (Å²) in [4.78, 5) is 14.2. The lowest BCUT2D eigenvalue weighted by Gasteiger charge is -2.30. The minimum Gasteiger partial charge on any atom is -0.399 e. The van der Waals surface area contributed by atoms with E-state index < -0.39 is 16.0 Å². The number of carbonyl (C=O) groups is 1. The molecular weight excluding hydrogens is 348 g/mol. The van der Waals surface area contributed by atoms with Gasteiger partial charge < -0.3 is 15.7 Å². The maximum Gasteiger partial charge on any atom is 0.394 e. The largest absolute Gasteiger partial charge is 0.399 e. The van der Waals surface area contributed by atoms with Crippen molar-refractivity contribution in [1.82, 2.24) is 4.90 Å². The van der Waals surface area contributed by atoms with E-state index in [-0.39, 0.29) is 5.91 Å². The van der Waals surface area contributed by atoms with E-state index in [1.807, 2.05) is 0 Å². The molecule has 0 spiro atoms. The molecular formula is C16H28N2O6S. The highest BCUT2D eigenvalue weighted by Crippen LogP contribution is 2.14. The summed E-state index contributed by atoms with van der Waals surface area (Å²) in [6.45, 7) is 8.64. The number of hydrogen-bond acceptors (Lipinski definition) is 5. The zero-order valence-electron chi connectivity index (χ0n) is 15.0. The van der Waals surface area contributed by atoms with Crippen LogP contribution in [-0.2, 0) is 10.4 Å². The predicted molar refractivity (Wildman–Crippen MR) is 96.7 cm³/mol. The predicted octanol–water partition coefficient (Wildman–Crippen LogP) is 1.88. The standard InChI is InChI=1S/C16H26N2O2.H2O4S/c1-12(2)9-10-18(11-16(3,4)20)15(19)13-5-7-14(17)8-6-13;1-5(2,3)4/h5-8,12,20H,9-11,17H2,1-4H3;(H2,1,2,3,4). The molecule has 0 atom stereocenters. The van der Waals surface area contributed by atoms with E-state index in [0.717, 1.165) is 6.42 Å². The van der Waals surface area contributed by atoms with Gasteiger partial charge in [0.15, 0.2) is 0 Å². The number of amides is 1. The SMILES string of the molecule is CC(C)CCN(CC(C)(C)O)C(=O)c1ccc(N)cc1.O=S(=O)(O)O. The molecule has 1 aromatic carbocycles. The molecule has 144 valence electrons. The van der Waals surface area contributed by atoms with E-state index in [1.165, 1.54) is 0 Å². The Balaban J connectivity index is 0.00000101. The van der Waals surface area contributed by atoms with E-state index in [9.17, 15) is 9.90 Å². The molecule has 8 nitrogen and oxygen atoms in total. The molecule has 0 aliphatic carbocycles. The molecule has 1 rings (SSSR count). The lowest BCUT2D eigenvalue weighted by atomic mass is 10.1. The Morgan fingerprint density at radius 2 is 1.64 bits per heavy atom. The topological polar surface area (TPSA) is 141 Å². The van der Waals surface area contributed by atoms with Gasteiger partial charge in [0.1, 0.15) is 0 Å². The monoisotopic (exact) mass is 376 g/mol. The van der Waals surface area contributed by atoms with Crippen molar-refractivity contribution in [3.63, 3.8) is 0 Å². The summed E-state index contributed by atoms with van der Waals surface area (Å²) < 4.78 is 31.6. The number of benzene rings is 1. The number of nitrogens with zero attached hydrogens (tertiary/aromatic N) is 1. The highest BCUT2D eigenvalue weighted by atomic mass is 32.3. The number of rotatable bonds is 6. The van der Waals surface area contributed by atoms with Gasteiger partial charge in [-0.25, -0.2) is 0 Å². The van der Waals surface area contributed by atoms with Crippen LogP contribution in [-0.4, -0.2) is 52.1 Å². The van der Waals surface area contributed by atoms with Crippen molar-refractivity contribution in [1.29, 1.82) is 0 Å². The summed E-state index contributed by atoms with van der Waals surface area (Å²) in [5.74, 6) is 0.450. The number of carbonyl (C=O) groups excluding carboxylic acids is 1. The maximum absolute atomic E-state index is 12.5. The van der Waals surface area contributed by atoms with Gasteiger partial charge >= 0.3 is 10.4 Å². The molecule has 0 radical (unpaired) electrons. The van der Waals surface area contributed by atoms with Crippen LogP contribution in [0.2, 0.25) is 0 Å². The minimum atomic E-state index is -4.67. The first-order valence-electron chi connectivity index (χ1n) is 7.76. The average molecular weight is 376 g/mol. The van der Waals surface area contributed by atoms with Gasteiger partial charge in [0.2, 0.25) is 0 Å². The Bertz CT molecular complexity index is 628. The Kier molecular flexibility index (Phi) is 9.06. The van der Waals surface area contributed by atoms with Crippen LogP contribution in [0.1, 0.15) is 44.5 Å². The second-order valence-corrected chi connectivity index (χ2v) is 7.69. The van der Waals surface area contributed by atoms with Crippen molar-refractivity contribution >= 4 is 22.0 Å². The third-order valence-corrected chi connectivity index (χ3v) is 3.00. The van der Waals surface area contributed by atoms with Gasteiger partial charge in [0.25, 0.3) is 5.91 Å². The fraction of sp³-hybridized carbons (Fsp3) is 0.562. The molecule has 0 fully saturated rings. The van der Waals surface area contributed by atoms with Gasteiger partial charge in [-0.2, -0.15) is 8.42 Å². The molecule has 9 heteroatoms. The summed E-state index contributed by atoms with van der Waals surface area (Å²) in [7, 11) is -4.67. The summed E-state index contributed by atoms with van der Waals surface area (Å²) >= 11 is 0. The van der Waals surface area contributed by atoms with Crippen LogP contribution in [0.4, 0.5) is 5.69 Å². The molecule has 0 aliphatic rings. The van der Waals surface area contributed by atoms with Crippen molar-refractivity contribution in [3.05, 3.63) is 29.8 Å². The highest BCUT2D eigenvalue weighted by Gasteiger charge is 2.23. The number of aliphatic hydroxyl groups is 1. The van der Waals surface area contributed by atoms with Crippen molar-refractivity contribution < 1.29 is 27.4 Å². The molecule has 1 amide bonds. The second-order valence-electron chi connectivity index (χ2n) is 6.79. The Hall–Kier alpha value is -1.68. The quantitative estimate of drug-likeness (QED) is 0.438. The Morgan fingerprint density at radius 3 is 2.00 bits per heavy atom. The molecule has 0 saturated carbocycles. The summed E-state index contributed by atoms with van der Waals surface area (Å²) in [6, 6.07) is 6.89. The van der Waals surface area contributed by atoms with Crippen LogP contribution in [0.15, 0.2) is 24.3 Å². The van der Waals surface area contributed by atoms with E-state index >= 15 is 0 Å². The lowest BCUT2D eigenvalue weighted by Crippen LogP contribution is -2.43. The molecule has 0 aromatic heterocycles. The first-order chi connectivity index (χ1) is 11.2. The summed E-state index contributed by atoms with van der Waals surface area (Å²) in [5, 5.41) is 9.98. The molecule has 0 heterocycles. The molecule has 0 bridgehead atoms.